The van der Waals surface area contributed by atoms with Crippen LogP contribution in [0.4, 0.5) is 26.3 Å². The van der Waals surface area contributed by atoms with Crippen molar-refractivity contribution in [2.24, 2.45) is 11.3 Å². The van der Waals surface area contributed by atoms with E-state index in [9.17, 15) is 31.1 Å². The minimum atomic E-state index is -4.94. The number of nitrogens with zero attached hydrogens (tertiary/aromatic N) is 2. The fraction of sp³-hybridized carbons (Fsp3) is 0.731. The molecule has 208 valence electrons. The molecule has 0 spiro atoms. The Morgan fingerprint density at radius 3 is 2.14 bits per heavy atom. The molecule has 1 aliphatic carbocycles. The number of alkyl halides is 6. The van der Waals surface area contributed by atoms with Crippen molar-refractivity contribution >= 4 is 5.91 Å². The third-order valence-electron chi connectivity index (χ3n) is 7.83. The first kappa shape index (κ1) is 28.2. The van der Waals surface area contributed by atoms with E-state index in [0.29, 0.717) is 58.2 Å². The summed E-state index contributed by atoms with van der Waals surface area (Å²) in [5, 5.41) is 3.26. The Bertz CT molecular complexity index is 930. The topological polar surface area (TPSA) is 44.8 Å². The fourth-order valence-electron chi connectivity index (χ4n) is 5.66. The van der Waals surface area contributed by atoms with Gasteiger partial charge in [-0.05, 0) is 62.9 Å². The summed E-state index contributed by atoms with van der Waals surface area (Å²) in [6.07, 6.45) is -6.52. The molecule has 0 radical (unpaired) electrons. The summed E-state index contributed by atoms with van der Waals surface area (Å²) >= 11 is 0. The third-order valence-corrected chi connectivity index (χ3v) is 7.83. The van der Waals surface area contributed by atoms with Crippen LogP contribution in [0.3, 0.4) is 0 Å². The summed E-state index contributed by atoms with van der Waals surface area (Å²) in [4.78, 5) is 17.8. The summed E-state index contributed by atoms with van der Waals surface area (Å²) in [6.45, 7) is 7.18. The molecule has 3 aliphatic rings. The summed E-state index contributed by atoms with van der Waals surface area (Å²) in [6, 6.07) is 1.60. The van der Waals surface area contributed by atoms with Crippen LogP contribution in [0.1, 0.15) is 56.2 Å². The minimum absolute atomic E-state index is 0.128. The first-order chi connectivity index (χ1) is 17.2. The lowest BCUT2D eigenvalue weighted by Crippen LogP contribution is -2.58. The van der Waals surface area contributed by atoms with Crippen molar-refractivity contribution < 1.29 is 35.9 Å². The van der Waals surface area contributed by atoms with Crippen molar-refractivity contribution in [2.45, 2.75) is 64.0 Å². The molecule has 3 fully saturated rings. The monoisotopic (exact) mass is 535 g/mol. The van der Waals surface area contributed by atoms with Crippen molar-refractivity contribution in [1.82, 2.24) is 15.1 Å². The molecule has 37 heavy (non-hydrogen) atoms. The molecule has 2 saturated heterocycles. The van der Waals surface area contributed by atoms with Crippen LogP contribution >= 0.6 is 0 Å². The lowest BCUT2D eigenvalue weighted by Gasteiger charge is -2.45. The van der Waals surface area contributed by atoms with E-state index in [4.69, 9.17) is 4.74 Å². The molecular formula is C26H35F6N3O2. The fourth-order valence-corrected chi connectivity index (χ4v) is 5.66. The maximum absolute atomic E-state index is 14.2. The van der Waals surface area contributed by atoms with Crippen molar-refractivity contribution in [2.75, 3.05) is 45.9 Å². The number of benzene rings is 1. The van der Waals surface area contributed by atoms with Gasteiger partial charge in [0.1, 0.15) is 0 Å². The van der Waals surface area contributed by atoms with E-state index in [1.165, 1.54) is 4.90 Å². The summed E-state index contributed by atoms with van der Waals surface area (Å²) in [7, 11) is 0. The Kier molecular flexibility index (Phi) is 7.90. The zero-order valence-electron chi connectivity index (χ0n) is 21.3. The van der Waals surface area contributed by atoms with Crippen LogP contribution in [0.15, 0.2) is 18.2 Å². The predicted octanol–water partition coefficient (Wildman–Crippen LogP) is 4.94. The molecule has 1 N–H and O–H groups in total. The van der Waals surface area contributed by atoms with Gasteiger partial charge in [-0.1, -0.05) is 12.8 Å². The second kappa shape index (κ2) is 10.4. The standard InChI is InChI=1S/C26H35F6N3O2/c1-23(2,35-7-9-37-10-8-35)17-34(22(36)24(5-6-33-16-24)14-18-3-4-18)15-19-11-20(25(27,28)29)13-21(12-19)26(30,31)32/h11-13,18,33H,3-10,14-17H2,1-2H3. The molecule has 1 unspecified atom stereocenters. The van der Waals surface area contributed by atoms with Gasteiger partial charge >= 0.3 is 12.4 Å². The maximum Gasteiger partial charge on any atom is 0.416 e. The normalized spacial score (nSPS) is 23.9. The van der Waals surface area contributed by atoms with Gasteiger partial charge in [0, 0.05) is 38.3 Å². The van der Waals surface area contributed by atoms with Crippen LogP contribution in [0.5, 0.6) is 0 Å². The van der Waals surface area contributed by atoms with Gasteiger partial charge in [0.25, 0.3) is 0 Å². The van der Waals surface area contributed by atoms with Gasteiger partial charge in [0.05, 0.1) is 29.8 Å². The van der Waals surface area contributed by atoms with Gasteiger partial charge in [-0.15, -0.1) is 0 Å². The quantitative estimate of drug-likeness (QED) is 0.479. The van der Waals surface area contributed by atoms with E-state index >= 15 is 0 Å². The van der Waals surface area contributed by atoms with E-state index < -0.39 is 34.4 Å². The van der Waals surface area contributed by atoms with E-state index in [1.54, 1.807) is 0 Å². The molecular weight excluding hydrogens is 500 g/mol. The molecule has 1 aromatic rings. The van der Waals surface area contributed by atoms with Crippen LogP contribution in [-0.4, -0.2) is 67.2 Å². The van der Waals surface area contributed by atoms with Gasteiger partial charge in [0.15, 0.2) is 0 Å². The Balaban J connectivity index is 1.69. The van der Waals surface area contributed by atoms with Gasteiger partial charge in [-0.3, -0.25) is 9.69 Å². The van der Waals surface area contributed by atoms with Crippen LogP contribution in [-0.2, 0) is 28.4 Å². The first-order valence-electron chi connectivity index (χ1n) is 12.8. The SMILES string of the molecule is CC(C)(CN(Cc1cc(C(F)(F)F)cc(C(F)(F)F)c1)C(=O)C1(CC2CC2)CCNC1)N1CCOCC1. The average molecular weight is 536 g/mol. The number of amides is 1. The Hall–Kier alpha value is -1.85. The molecule has 0 aromatic heterocycles. The number of ether oxygens (including phenoxy) is 1. The highest BCUT2D eigenvalue weighted by Gasteiger charge is 2.48. The van der Waals surface area contributed by atoms with Crippen molar-refractivity contribution in [1.29, 1.82) is 0 Å². The maximum atomic E-state index is 14.2. The van der Waals surface area contributed by atoms with Crippen LogP contribution in [0.2, 0.25) is 0 Å². The van der Waals surface area contributed by atoms with Crippen LogP contribution in [0, 0.1) is 11.3 Å². The molecule has 2 heterocycles. The molecule has 1 atom stereocenters. The molecule has 11 heteroatoms. The zero-order chi connectivity index (χ0) is 27.1. The minimum Gasteiger partial charge on any atom is -0.379 e. The molecule has 0 bridgehead atoms. The highest BCUT2D eigenvalue weighted by Crippen LogP contribution is 2.45. The van der Waals surface area contributed by atoms with Gasteiger partial charge in [-0.2, -0.15) is 26.3 Å². The van der Waals surface area contributed by atoms with Gasteiger partial charge in [-0.25, -0.2) is 0 Å². The van der Waals surface area contributed by atoms with Crippen molar-refractivity contribution in [3.63, 3.8) is 0 Å². The third kappa shape index (κ3) is 6.78. The summed E-state index contributed by atoms with van der Waals surface area (Å²) in [5.41, 5.74) is -4.17. The molecule has 1 saturated carbocycles. The van der Waals surface area contributed by atoms with E-state index in [1.807, 2.05) is 13.8 Å². The highest BCUT2D eigenvalue weighted by atomic mass is 19.4. The number of morpholine rings is 1. The molecule has 1 aromatic carbocycles. The molecule has 5 nitrogen and oxygen atoms in total. The summed E-state index contributed by atoms with van der Waals surface area (Å²) < 4.78 is 86.6. The van der Waals surface area contributed by atoms with Gasteiger partial charge in [0.2, 0.25) is 5.91 Å². The van der Waals surface area contributed by atoms with E-state index in [-0.39, 0.29) is 30.6 Å². The number of hydrogen-bond donors (Lipinski definition) is 1. The van der Waals surface area contributed by atoms with Crippen molar-refractivity contribution in [3.8, 4) is 0 Å². The van der Waals surface area contributed by atoms with Gasteiger partial charge < -0.3 is 15.0 Å². The first-order valence-corrected chi connectivity index (χ1v) is 12.8. The number of carbonyl (C=O) groups excluding carboxylic acids is 1. The van der Waals surface area contributed by atoms with Crippen LogP contribution < -0.4 is 5.32 Å². The largest absolute Gasteiger partial charge is 0.416 e. The Morgan fingerprint density at radius 2 is 1.65 bits per heavy atom. The smallest absolute Gasteiger partial charge is 0.379 e. The lowest BCUT2D eigenvalue weighted by molar-refractivity contribution is -0.145. The average Bonchev–Trinajstić information content (AvgIpc) is 3.50. The van der Waals surface area contributed by atoms with E-state index in [0.717, 1.165) is 25.0 Å². The number of carbonyl (C=O) groups is 1. The number of halogens is 6. The Labute approximate surface area is 213 Å². The predicted molar refractivity (Wildman–Crippen MR) is 126 cm³/mol. The van der Waals surface area contributed by atoms with Crippen LogP contribution in [0.25, 0.3) is 0 Å². The number of rotatable bonds is 8. The Morgan fingerprint density at radius 1 is 1.05 bits per heavy atom. The molecule has 4 rings (SSSR count). The second-order valence-corrected chi connectivity index (χ2v) is 11.3. The van der Waals surface area contributed by atoms with Crippen molar-refractivity contribution in [3.05, 3.63) is 34.9 Å². The molecule has 1 amide bonds. The number of nitrogens with one attached hydrogen (secondary N) is 1. The molecule has 2 aliphatic heterocycles. The summed E-state index contributed by atoms with van der Waals surface area (Å²) in [5.74, 6) is 0.236. The van der Waals surface area contributed by atoms with E-state index in [2.05, 4.69) is 10.2 Å². The lowest BCUT2D eigenvalue weighted by atomic mass is 9.79. The number of hydrogen-bond acceptors (Lipinski definition) is 4. The highest BCUT2D eigenvalue weighted by molar-refractivity contribution is 5.83. The second-order valence-electron chi connectivity index (χ2n) is 11.3. The zero-order valence-corrected chi connectivity index (χ0v) is 21.3.